The first-order chi connectivity index (χ1) is 7.34. The van der Waals surface area contributed by atoms with E-state index in [1.807, 2.05) is 18.3 Å². The predicted octanol–water partition coefficient (Wildman–Crippen LogP) is -0.421. The lowest BCUT2D eigenvalue weighted by molar-refractivity contribution is 0.252. The number of hydrogen-bond donors (Lipinski definition) is 2. The molecule has 0 saturated carbocycles. The maximum atomic E-state index is 13.3. The molecule has 0 bridgehead atoms. The Hall–Kier alpha value is -1.58. The molecule has 1 fully saturated rings. The Morgan fingerprint density at radius 3 is 3.27 bits per heavy atom. The van der Waals surface area contributed by atoms with Gasteiger partial charge in [0.1, 0.15) is 0 Å². The SMILES string of the molecule is F[C@@H]1CCC2NC=c3ncccc3=C2N1. The van der Waals surface area contributed by atoms with E-state index >= 15 is 0 Å². The standard InChI is InChI=1S/C11H12FN3/c12-10-4-3-8-11(15-10)7-2-1-5-13-9(7)6-14-8/h1-2,5-6,8,10,14-15H,3-4H2/t8?,10-/m0/s1. The second-order valence-electron chi connectivity index (χ2n) is 3.90. The molecule has 1 saturated heterocycles. The van der Waals surface area contributed by atoms with Crippen molar-refractivity contribution in [2.75, 3.05) is 0 Å². The number of hydrogen-bond acceptors (Lipinski definition) is 3. The maximum absolute atomic E-state index is 13.3. The summed E-state index contributed by atoms with van der Waals surface area (Å²) in [5, 5.41) is 8.04. The minimum atomic E-state index is -0.927. The number of nitrogens with zero attached hydrogens (tertiary/aromatic N) is 1. The molecule has 1 aromatic heterocycles. The lowest BCUT2D eigenvalue weighted by Crippen LogP contribution is -2.52. The molecular formula is C11H12FN3. The summed E-state index contributed by atoms with van der Waals surface area (Å²) in [6.45, 7) is 0. The van der Waals surface area contributed by atoms with E-state index in [0.717, 1.165) is 22.7 Å². The van der Waals surface area contributed by atoms with Gasteiger partial charge in [-0.3, -0.25) is 4.98 Å². The Morgan fingerprint density at radius 1 is 1.40 bits per heavy atom. The van der Waals surface area contributed by atoms with E-state index in [-0.39, 0.29) is 6.04 Å². The van der Waals surface area contributed by atoms with Gasteiger partial charge in [0.25, 0.3) is 0 Å². The van der Waals surface area contributed by atoms with Crippen LogP contribution in [0.15, 0.2) is 18.3 Å². The van der Waals surface area contributed by atoms with E-state index in [2.05, 4.69) is 15.6 Å². The van der Waals surface area contributed by atoms with Crippen LogP contribution in [-0.4, -0.2) is 17.3 Å². The van der Waals surface area contributed by atoms with Crippen LogP contribution in [0.3, 0.4) is 0 Å². The third kappa shape index (κ3) is 1.37. The van der Waals surface area contributed by atoms with Gasteiger partial charge in [-0.25, -0.2) is 4.39 Å². The van der Waals surface area contributed by atoms with Crippen LogP contribution in [0.2, 0.25) is 0 Å². The Bertz CT molecular complexity index is 497. The van der Waals surface area contributed by atoms with Gasteiger partial charge in [-0.2, -0.15) is 0 Å². The third-order valence-electron chi connectivity index (χ3n) is 2.92. The van der Waals surface area contributed by atoms with Gasteiger partial charge in [-0.1, -0.05) is 0 Å². The van der Waals surface area contributed by atoms with Gasteiger partial charge in [0.15, 0.2) is 6.30 Å². The number of pyridine rings is 1. The monoisotopic (exact) mass is 205 g/mol. The van der Waals surface area contributed by atoms with Gasteiger partial charge in [-0.15, -0.1) is 0 Å². The van der Waals surface area contributed by atoms with Crippen LogP contribution in [0, 0.1) is 0 Å². The molecule has 3 rings (SSSR count). The highest BCUT2D eigenvalue weighted by Crippen LogP contribution is 2.17. The van der Waals surface area contributed by atoms with Crippen molar-refractivity contribution in [3.8, 4) is 0 Å². The Kier molecular flexibility index (Phi) is 1.87. The quantitative estimate of drug-likeness (QED) is 0.565. The fourth-order valence-corrected chi connectivity index (χ4v) is 2.17. The zero-order valence-corrected chi connectivity index (χ0v) is 8.20. The summed E-state index contributed by atoms with van der Waals surface area (Å²) in [6, 6.07) is 4.08. The number of aromatic nitrogens is 1. The molecule has 1 aromatic rings. The van der Waals surface area contributed by atoms with Gasteiger partial charge < -0.3 is 10.6 Å². The van der Waals surface area contributed by atoms with Crippen LogP contribution in [0.5, 0.6) is 0 Å². The zero-order valence-electron chi connectivity index (χ0n) is 8.20. The van der Waals surface area contributed by atoms with Crippen LogP contribution in [0.4, 0.5) is 4.39 Å². The van der Waals surface area contributed by atoms with E-state index in [0.29, 0.717) is 6.42 Å². The average molecular weight is 205 g/mol. The molecule has 0 radical (unpaired) electrons. The largest absolute Gasteiger partial charge is 0.381 e. The van der Waals surface area contributed by atoms with Crippen molar-refractivity contribution in [1.82, 2.24) is 15.6 Å². The minimum absolute atomic E-state index is 0.216. The molecule has 2 aliphatic heterocycles. The summed E-state index contributed by atoms with van der Waals surface area (Å²) in [7, 11) is 0. The molecule has 78 valence electrons. The van der Waals surface area contributed by atoms with Gasteiger partial charge in [0.2, 0.25) is 0 Å². The molecule has 0 amide bonds. The normalized spacial score (nSPS) is 27.9. The van der Waals surface area contributed by atoms with Crippen molar-refractivity contribution in [3.63, 3.8) is 0 Å². The fraction of sp³-hybridized carbons (Fsp3) is 0.364. The average Bonchev–Trinajstić information content (AvgIpc) is 2.29. The van der Waals surface area contributed by atoms with E-state index < -0.39 is 6.30 Å². The Morgan fingerprint density at radius 2 is 2.33 bits per heavy atom. The lowest BCUT2D eigenvalue weighted by atomic mass is 9.99. The number of nitrogens with one attached hydrogen (secondary N) is 2. The van der Waals surface area contributed by atoms with E-state index in [4.69, 9.17) is 0 Å². The molecule has 0 aliphatic carbocycles. The van der Waals surface area contributed by atoms with Crippen LogP contribution in [-0.2, 0) is 0 Å². The zero-order chi connectivity index (χ0) is 10.3. The summed E-state index contributed by atoms with van der Waals surface area (Å²) in [5.41, 5.74) is 0.944. The first-order valence-corrected chi connectivity index (χ1v) is 5.17. The summed E-state index contributed by atoms with van der Waals surface area (Å²) in [4.78, 5) is 4.23. The van der Waals surface area contributed by atoms with Crippen molar-refractivity contribution in [2.24, 2.45) is 0 Å². The van der Waals surface area contributed by atoms with Gasteiger partial charge >= 0.3 is 0 Å². The lowest BCUT2D eigenvalue weighted by Gasteiger charge is -2.31. The first-order valence-electron chi connectivity index (χ1n) is 5.17. The number of fused-ring (bicyclic) bond motifs is 2. The second-order valence-corrected chi connectivity index (χ2v) is 3.90. The van der Waals surface area contributed by atoms with Crippen molar-refractivity contribution < 1.29 is 4.39 Å². The molecule has 0 spiro atoms. The highest BCUT2D eigenvalue weighted by molar-refractivity contribution is 5.54. The molecule has 4 heteroatoms. The van der Waals surface area contributed by atoms with Gasteiger partial charge in [-0.05, 0) is 25.0 Å². The molecule has 0 aromatic carbocycles. The Labute approximate surface area is 86.7 Å². The molecule has 1 unspecified atom stereocenters. The Balaban J connectivity index is 2.22. The van der Waals surface area contributed by atoms with Crippen molar-refractivity contribution in [3.05, 3.63) is 28.9 Å². The predicted molar refractivity (Wildman–Crippen MR) is 55.5 cm³/mol. The maximum Gasteiger partial charge on any atom is 0.170 e. The minimum Gasteiger partial charge on any atom is -0.381 e. The molecule has 2 atom stereocenters. The van der Waals surface area contributed by atoms with Gasteiger partial charge in [0, 0.05) is 23.3 Å². The van der Waals surface area contributed by atoms with E-state index in [9.17, 15) is 4.39 Å². The van der Waals surface area contributed by atoms with Crippen molar-refractivity contribution in [2.45, 2.75) is 25.2 Å². The second kappa shape index (κ2) is 3.22. The van der Waals surface area contributed by atoms with Gasteiger partial charge in [0.05, 0.1) is 11.4 Å². The highest BCUT2D eigenvalue weighted by atomic mass is 19.1. The summed E-state index contributed by atoms with van der Waals surface area (Å²) >= 11 is 0. The summed E-state index contributed by atoms with van der Waals surface area (Å²) in [6.07, 6.45) is 4.11. The van der Waals surface area contributed by atoms with E-state index in [1.54, 1.807) is 6.20 Å². The summed E-state index contributed by atoms with van der Waals surface area (Å²) < 4.78 is 13.3. The van der Waals surface area contributed by atoms with Crippen molar-refractivity contribution in [1.29, 1.82) is 0 Å². The van der Waals surface area contributed by atoms with Crippen LogP contribution in [0.1, 0.15) is 12.8 Å². The number of alkyl halides is 1. The first kappa shape index (κ1) is 8.71. The molecule has 3 heterocycles. The fourth-order valence-electron chi connectivity index (χ4n) is 2.17. The van der Waals surface area contributed by atoms with E-state index in [1.165, 1.54) is 0 Å². The smallest absolute Gasteiger partial charge is 0.170 e. The molecule has 2 aliphatic rings. The molecular weight excluding hydrogens is 193 g/mol. The highest BCUT2D eigenvalue weighted by Gasteiger charge is 2.25. The molecule has 3 nitrogen and oxygen atoms in total. The van der Waals surface area contributed by atoms with Crippen LogP contribution in [0.25, 0.3) is 11.9 Å². The topological polar surface area (TPSA) is 37.0 Å². The summed E-state index contributed by atoms with van der Waals surface area (Å²) in [5.74, 6) is 0. The van der Waals surface area contributed by atoms with Crippen molar-refractivity contribution >= 4 is 11.9 Å². The van der Waals surface area contributed by atoms with Crippen LogP contribution >= 0.6 is 0 Å². The van der Waals surface area contributed by atoms with Crippen LogP contribution < -0.4 is 21.2 Å². The number of piperidine rings is 1. The molecule has 2 N–H and O–H groups in total. The molecule has 15 heavy (non-hydrogen) atoms. The number of halogens is 1. The number of rotatable bonds is 0. The third-order valence-corrected chi connectivity index (χ3v) is 2.92.